The Hall–Kier alpha value is -0.870. The van der Waals surface area contributed by atoms with Crippen LogP contribution in [0.2, 0.25) is 0 Å². The quantitative estimate of drug-likeness (QED) is 0.539. The number of nitrogens with zero attached hydrogens (tertiary/aromatic N) is 1. The summed E-state index contributed by atoms with van der Waals surface area (Å²) in [6.07, 6.45) is 0.361. The van der Waals surface area contributed by atoms with Gasteiger partial charge in [-0.25, -0.2) is 5.11 Å². The van der Waals surface area contributed by atoms with Gasteiger partial charge in [-0.2, -0.15) is 0 Å². The highest BCUT2D eigenvalue weighted by Crippen LogP contribution is 1.99. The minimum Gasteiger partial charge on any atom is -0.354 e. The van der Waals surface area contributed by atoms with Crippen LogP contribution >= 0.6 is 0 Å². The van der Waals surface area contributed by atoms with E-state index in [1.54, 1.807) is 4.90 Å². The molecule has 0 bridgehead atoms. The van der Waals surface area contributed by atoms with Gasteiger partial charge in [-0.1, -0.05) is 6.58 Å². The van der Waals surface area contributed by atoms with Gasteiger partial charge in [0, 0.05) is 13.1 Å². The summed E-state index contributed by atoms with van der Waals surface area (Å²) in [4.78, 5) is 12.3. The van der Waals surface area contributed by atoms with E-state index in [1.807, 2.05) is 0 Å². The van der Waals surface area contributed by atoms with Gasteiger partial charge in [0.1, 0.15) is 0 Å². The average molecular weight is 155 g/mol. The summed E-state index contributed by atoms with van der Waals surface area (Å²) in [5, 5.41) is 13.7. The van der Waals surface area contributed by atoms with Crippen LogP contribution in [0.4, 0.5) is 0 Å². The third kappa shape index (κ3) is 2.03. The molecule has 1 aliphatic heterocycles. The molecule has 1 fully saturated rings. The lowest BCUT2D eigenvalue weighted by molar-refractivity contribution is -0.128. The second-order valence-corrected chi connectivity index (χ2v) is 2.45. The highest BCUT2D eigenvalue weighted by atomic mass is 16.3. The number of carbonyl (C=O) groups is 1. The molecule has 0 aromatic rings. The van der Waals surface area contributed by atoms with Crippen LogP contribution in [0.15, 0.2) is 12.7 Å². The molecule has 61 valence electrons. The van der Waals surface area contributed by atoms with Gasteiger partial charge >= 0.3 is 0 Å². The second-order valence-electron chi connectivity index (χ2n) is 2.45. The van der Waals surface area contributed by atoms with Crippen LogP contribution in [0.1, 0.15) is 0 Å². The number of rotatable bonds is 2. The predicted octanol–water partition coefficient (Wildman–Crippen LogP) is -0.639. The molecule has 0 spiro atoms. The summed E-state index contributed by atoms with van der Waals surface area (Å²) >= 11 is 0. The Kier molecular flexibility index (Phi) is 2.62. The Morgan fingerprint density at radius 2 is 2.45 bits per heavy atom. The summed E-state index contributed by atoms with van der Waals surface area (Å²) in [7, 11) is 0. The lowest BCUT2D eigenvalue weighted by atomic mass is 10.3. The van der Waals surface area contributed by atoms with E-state index in [2.05, 4.69) is 11.9 Å². The maximum atomic E-state index is 11.0. The summed E-state index contributed by atoms with van der Waals surface area (Å²) < 4.78 is 0. The standard InChI is InChI=1S/C7H11N2O2/c1-2-7(11)9-4-3-8-6(10)5-9/h2,7H,1,3-5H2,(H,8,10). The van der Waals surface area contributed by atoms with E-state index in [-0.39, 0.29) is 12.5 Å². The first kappa shape index (κ1) is 8.23. The van der Waals surface area contributed by atoms with E-state index in [4.69, 9.17) is 0 Å². The number of amides is 1. The maximum Gasteiger partial charge on any atom is 0.234 e. The maximum absolute atomic E-state index is 11.0. The second kappa shape index (κ2) is 3.50. The molecule has 0 saturated carbocycles. The molecular formula is C7H11N2O2. The predicted molar refractivity (Wildman–Crippen MR) is 39.3 cm³/mol. The molecule has 1 unspecified atom stereocenters. The summed E-state index contributed by atoms with van der Waals surface area (Å²) in [5.41, 5.74) is 0. The molecule has 1 rings (SSSR count). The fourth-order valence-corrected chi connectivity index (χ4v) is 1.02. The van der Waals surface area contributed by atoms with E-state index in [0.29, 0.717) is 13.1 Å². The molecule has 1 N–H and O–H groups in total. The van der Waals surface area contributed by atoms with E-state index < -0.39 is 6.23 Å². The molecule has 4 heteroatoms. The van der Waals surface area contributed by atoms with Crippen molar-refractivity contribution in [2.24, 2.45) is 0 Å². The fourth-order valence-electron chi connectivity index (χ4n) is 1.02. The van der Waals surface area contributed by atoms with Crippen molar-refractivity contribution in [3.8, 4) is 0 Å². The fraction of sp³-hybridized carbons (Fsp3) is 0.571. The first-order valence-electron chi connectivity index (χ1n) is 3.53. The Bertz CT molecular complexity index is 170. The first-order valence-corrected chi connectivity index (χ1v) is 3.53. The van der Waals surface area contributed by atoms with Gasteiger partial charge < -0.3 is 5.32 Å². The minimum absolute atomic E-state index is 0.0843. The third-order valence-corrected chi connectivity index (χ3v) is 1.63. The lowest BCUT2D eigenvalue weighted by Gasteiger charge is -2.27. The Morgan fingerprint density at radius 1 is 1.73 bits per heavy atom. The van der Waals surface area contributed by atoms with Crippen LogP contribution in [0.5, 0.6) is 0 Å². The van der Waals surface area contributed by atoms with Gasteiger partial charge in [0.15, 0.2) is 6.23 Å². The van der Waals surface area contributed by atoms with Crippen molar-refractivity contribution in [2.75, 3.05) is 19.6 Å². The largest absolute Gasteiger partial charge is 0.354 e. The molecule has 0 aliphatic carbocycles. The highest BCUT2D eigenvalue weighted by molar-refractivity contribution is 5.78. The number of hydrogen-bond donors (Lipinski definition) is 1. The Morgan fingerprint density at radius 3 is 3.00 bits per heavy atom. The minimum atomic E-state index is -0.943. The van der Waals surface area contributed by atoms with Gasteiger partial charge in [-0.3, -0.25) is 9.69 Å². The molecule has 0 aromatic heterocycles. The monoisotopic (exact) mass is 155 g/mol. The van der Waals surface area contributed by atoms with Crippen LogP contribution in [0, 0.1) is 0 Å². The number of hydrogen-bond acceptors (Lipinski definition) is 2. The molecule has 4 nitrogen and oxygen atoms in total. The SMILES string of the molecule is C=CC([O])N1CCNC(=O)C1. The molecule has 1 atom stereocenters. The van der Waals surface area contributed by atoms with Crippen LogP contribution in [0.3, 0.4) is 0 Å². The van der Waals surface area contributed by atoms with E-state index >= 15 is 0 Å². The van der Waals surface area contributed by atoms with Crippen molar-refractivity contribution in [3.05, 3.63) is 12.7 Å². The van der Waals surface area contributed by atoms with Gasteiger partial charge in [0.05, 0.1) is 6.54 Å². The van der Waals surface area contributed by atoms with Crippen molar-refractivity contribution in [1.29, 1.82) is 0 Å². The first-order chi connectivity index (χ1) is 5.24. The zero-order chi connectivity index (χ0) is 8.27. The summed E-state index contributed by atoms with van der Waals surface area (Å²) in [6, 6.07) is 0. The van der Waals surface area contributed by atoms with Crippen molar-refractivity contribution in [2.45, 2.75) is 6.23 Å². The van der Waals surface area contributed by atoms with Crippen molar-refractivity contribution in [1.82, 2.24) is 10.2 Å². The molecule has 1 radical (unpaired) electrons. The van der Waals surface area contributed by atoms with Gasteiger partial charge in [-0.05, 0) is 6.08 Å². The van der Waals surface area contributed by atoms with E-state index in [1.165, 1.54) is 6.08 Å². The number of carbonyl (C=O) groups excluding carboxylic acids is 1. The topological polar surface area (TPSA) is 52.2 Å². The molecule has 1 aliphatic rings. The van der Waals surface area contributed by atoms with E-state index in [9.17, 15) is 9.90 Å². The van der Waals surface area contributed by atoms with Crippen LogP contribution in [-0.4, -0.2) is 36.7 Å². The molecule has 1 amide bonds. The molecule has 1 heterocycles. The summed E-state index contributed by atoms with van der Waals surface area (Å²) in [5.74, 6) is -0.0843. The van der Waals surface area contributed by atoms with Gasteiger partial charge in [0.25, 0.3) is 0 Å². The molecule has 1 saturated heterocycles. The number of piperazine rings is 1. The zero-order valence-electron chi connectivity index (χ0n) is 6.25. The van der Waals surface area contributed by atoms with Crippen molar-refractivity contribution < 1.29 is 9.90 Å². The van der Waals surface area contributed by atoms with Crippen molar-refractivity contribution in [3.63, 3.8) is 0 Å². The third-order valence-electron chi connectivity index (χ3n) is 1.63. The van der Waals surface area contributed by atoms with Crippen molar-refractivity contribution >= 4 is 5.91 Å². The molecule has 11 heavy (non-hydrogen) atoms. The normalized spacial score (nSPS) is 22.5. The lowest BCUT2D eigenvalue weighted by Crippen LogP contribution is -2.50. The average Bonchev–Trinajstić information content (AvgIpc) is 2.03. The Labute approximate surface area is 65.5 Å². The number of nitrogens with one attached hydrogen (secondary N) is 1. The van der Waals surface area contributed by atoms with Gasteiger partial charge in [-0.15, -0.1) is 0 Å². The highest BCUT2D eigenvalue weighted by Gasteiger charge is 2.20. The van der Waals surface area contributed by atoms with Crippen LogP contribution in [-0.2, 0) is 9.90 Å². The summed E-state index contributed by atoms with van der Waals surface area (Å²) in [6.45, 7) is 4.75. The van der Waals surface area contributed by atoms with Crippen LogP contribution in [0.25, 0.3) is 0 Å². The molecule has 0 aromatic carbocycles. The Balaban J connectivity index is 2.45. The molecular weight excluding hydrogens is 144 g/mol. The smallest absolute Gasteiger partial charge is 0.234 e. The van der Waals surface area contributed by atoms with E-state index in [0.717, 1.165) is 0 Å². The van der Waals surface area contributed by atoms with Crippen LogP contribution < -0.4 is 5.32 Å². The zero-order valence-corrected chi connectivity index (χ0v) is 6.25. The van der Waals surface area contributed by atoms with Gasteiger partial charge in [0.2, 0.25) is 5.91 Å².